The van der Waals surface area contributed by atoms with Gasteiger partial charge in [-0.25, -0.2) is 4.79 Å². The molecule has 25 heavy (non-hydrogen) atoms. The predicted octanol–water partition coefficient (Wildman–Crippen LogP) is 3.06. The number of carboxylic acids is 1. The molecule has 2 rings (SSSR count). The highest BCUT2D eigenvalue weighted by atomic mass is 16.5. The zero-order valence-electron chi connectivity index (χ0n) is 13.9. The number of ether oxygens (including phenoxy) is 3. The van der Waals surface area contributed by atoms with Gasteiger partial charge in [-0.15, -0.1) is 0 Å². The Morgan fingerprint density at radius 1 is 1.00 bits per heavy atom. The molecule has 1 N–H and O–H groups in total. The Hall–Kier alpha value is -3.28. The minimum Gasteiger partial charge on any atom is -0.497 e. The van der Waals surface area contributed by atoms with Crippen LogP contribution in [0.4, 0.5) is 0 Å². The Bertz CT molecular complexity index is 777. The monoisotopic (exact) mass is 342 g/mol. The van der Waals surface area contributed by atoms with Crippen LogP contribution in [0.15, 0.2) is 48.5 Å². The van der Waals surface area contributed by atoms with Gasteiger partial charge in [-0.1, -0.05) is 18.2 Å². The fourth-order valence-corrected chi connectivity index (χ4v) is 2.06. The van der Waals surface area contributed by atoms with Gasteiger partial charge in [0, 0.05) is 5.56 Å². The lowest BCUT2D eigenvalue weighted by atomic mass is 10.1. The Labute approximate surface area is 145 Å². The number of carboxylic acid groups (broad SMARTS) is 1. The Kier molecular flexibility index (Phi) is 6.17. The van der Waals surface area contributed by atoms with E-state index < -0.39 is 12.6 Å². The quantitative estimate of drug-likeness (QED) is 0.586. The van der Waals surface area contributed by atoms with Crippen molar-refractivity contribution in [2.24, 2.45) is 0 Å². The van der Waals surface area contributed by atoms with E-state index in [0.717, 1.165) is 11.3 Å². The van der Waals surface area contributed by atoms with E-state index in [0.29, 0.717) is 11.3 Å². The lowest BCUT2D eigenvalue weighted by Crippen LogP contribution is -2.10. The third-order valence-electron chi connectivity index (χ3n) is 3.34. The van der Waals surface area contributed by atoms with Gasteiger partial charge >= 0.3 is 5.97 Å². The number of benzene rings is 2. The van der Waals surface area contributed by atoms with Crippen molar-refractivity contribution >= 4 is 17.8 Å². The van der Waals surface area contributed by atoms with E-state index in [-0.39, 0.29) is 11.5 Å². The van der Waals surface area contributed by atoms with E-state index in [9.17, 15) is 9.59 Å². The molecule has 0 amide bonds. The molecule has 2 aromatic rings. The second kappa shape index (κ2) is 8.54. The summed E-state index contributed by atoms with van der Waals surface area (Å²) in [6.07, 6.45) is 3.15. The first-order valence-electron chi connectivity index (χ1n) is 7.42. The maximum atomic E-state index is 12.3. The van der Waals surface area contributed by atoms with Gasteiger partial charge in [0.05, 0.1) is 14.2 Å². The number of allylic oxidation sites excluding steroid dienone is 1. The van der Waals surface area contributed by atoms with Crippen molar-refractivity contribution in [3.05, 3.63) is 59.7 Å². The summed E-state index contributed by atoms with van der Waals surface area (Å²) in [6.45, 7) is -0.485. The number of carbonyl (C=O) groups is 2. The van der Waals surface area contributed by atoms with Crippen LogP contribution in [0.5, 0.6) is 17.2 Å². The van der Waals surface area contributed by atoms with Crippen molar-refractivity contribution in [3.8, 4) is 17.2 Å². The van der Waals surface area contributed by atoms with Crippen LogP contribution in [0.2, 0.25) is 0 Å². The van der Waals surface area contributed by atoms with Gasteiger partial charge < -0.3 is 19.3 Å². The molecule has 2 aromatic carbocycles. The van der Waals surface area contributed by atoms with Crippen LogP contribution in [0, 0.1) is 0 Å². The number of carbonyl (C=O) groups excluding carboxylic acids is 1. The minimum absolute atomic E-state index is 0.209. The molecule has 0 bridgehead atoms. The van der Waals surface area contributed by atoms with Crippen LogP contribution < -0.4 is 14.2 Å². The summed E-state index contributed by atoms with van der Waals surface area (Å²) in [5.74, 6) is -0.000715. The number of hydrogen-bond donors (Lipinski definition) is 1. The summed E-state index contributed by atoms with van der Waals surface area (Å²) in [4.78, 5) is 22.9. The molecule has 0 heterocycles. The molecule has 0 aliphatic heterocycles. The van der Waals surface area contributed by atoms with E-state index in [1.165, 1.54) is 25.3 Å². The van der Waals surface area contributed by atoms with Crippen LogP contribution in [0.1, 0.15) is 15.9 Å². The van der Waals surface area contributed by atoms with E-state index in [4.69, 9.17) is 19.3 Å². The van der Waals surface area contributed by atoms with Crippen molar-refractivity contribution in [1.29, 1.82) is 0 Å². The third kappa shape index (κ3) is 5.10. The molecule has 0 unspecified atom stereocenters. The average Bonchev–Trinajstić information content (AvgIpc) is 2.64. The smallest absolute Gasteiger partial charge is 0.341 e. The molecule has 0 spiro atoms. The van der Waals surface area contributed by atoms with Crippen LogP contribution in [-0.4, -0.2) is 37.7 Å². The summed E-state index contributed by atoms with van der Waals surface area (Å²) >= 11 is 0. The van der Waals surface area contributed by atoms with Crippen molar-refractivity contribution in [2.75, 3.05) is 20.8 Å². The van der Waals surface area contributed by atoms with Gasteiger partial charge in [0.15, 0.2) is 23.9 Å². The Balaban J connectivity index is 2.12. The third-order valence-corrected chi connectivity index (χ3v) is 3.34. The van der Waals surface area contributed by atoms with Crippen LogP contribution in [-0.2, 0) is 4.79 Å². The molecule has 130 valence electrons. The summed E-state index contributed by atoms with van der Waals surface area (Å²) in [5.41, 5.74) is 1.27. The molecule has 0 radical (unpaired) electrons. The van der Waals surface area contributed by atoms with Crippen molar-refractivity contribution in [2.45, 2.75) is 0 Å². The lowest BCUT2D eigenvalue weighted by Gasteiger charge is -2.09. The van der Waals surface area contributed by atoms with Crippen molar-refractivity contribution < 1.29 is 28.9 Å². The summed E-state index contributed by atoms with van der Waals surface area (Å²) in [7, 11) is 3.01. The molecular weight excluding hydrogens is 324 g/mol. The maximum absolute atomic E-state index is 12.3. The molecule has 6 heteroatoms. The molecule has 0 aromatic heterocycles. The molecule has 0 aliphatic carbocycles. The molecule has 0 fully saturated rings. The van der Waals surface area contributed by atoms with Gasteiger partial charge in [-0.2, -0.15) is 0 Å². The molecule has 0 atom stereocenters. The number of rotatable bonds is 8. The van der Waals surface area contributed by atoms with Crippen LogP contribution in [0.25, 0.3) is 6.08 Å². The number of methoxy groups -OCH3 is 2. The van der Waals surface area contributed by atoms with E-state index in [2.05, 4.69) is 0 Å². The van der Waals surface area contributed by atoms with Gasteiger partial charge in [0.25, 0.3) is 0 Å². The normalized spacial score (nSPS) is 10.5. The fourth-order valence-electron chi connectivity index (χ4n) is 2.06. The Morgan fingerprint density at radius 2 is 1.72 bits per heavy atom. The van der Waals surface area contributed by atoms with Crippen molar-refractivity contribution in [3.63, 3.8) is 0 Å². The zero-order valence-corrected chi connectivity index (χ0v) is 13.9. The lowest BCUT2D eigenvalue weighted by molar-refractivity contribution is -0.139. The molecule has 0 saturated carbocycles. The standard InChI is InChI=1S/C19H18O6/c1-23-15-7-3-13(4-8-15)5-9-16(20)14-6-10-17(18(11-14)24-2)25-12-19(21)22/h3-11H,12H2,1-2H3,(H,21,22)/b9-5+. The van der Waals surface area contributed by atoms with E-state index in [1.54, 1.807) is 19.3 Å². The number of ketones is 1. The van der Waals surface area contributed by atoms with Gasteiger partial charge in [-0.05, 0) is 42.0 Å². The highest BCUT2D eigenvalue weighted by molar-refractivity contribution is 6.07. The van der Waals surface area contributed by atoms with Gasteiger partial charge in [0.2, 0.25) is 0 Å². The highest BCUT2D eigenvalue weighted by Crippen LogP contribution is 2.28. The first kappa shape index (κ1) is 18.1. The van der Waals surface area contributed by atoms with Gasteiger partial charge in [0.1, 0.15) is 5.75 Å². The first-order chi connectivity index (χ1) is 12.0. The Morgan fingerprint density at radius 3 is 2.32 bits per heavy atom. The largest absolute Gasteiger partial charge is 0.497 e. The highest BCUT2D eigenvalue weighted by Gasteiger charge is 2.10. The number of aliphatic carboxylic acids is 1. The van der Waals surface area contributed by atoms with Crippen LogP contribution in [0.3, 0.4) is 0 Å². The van der Waals surface area contributed by atoms with Crippen molar-refractivity contribution in [1.82, 2.24) is 0 Å². The average molecular weight is 342 g/mol. The maximum Gasteiger partial charge on any atom is 0.341 e. The zero-order chi connectivity index (χ0) is 18.2. The fraction of sp³-hybridized carbons (Fsp3) is 0.158. The topological polar surface area (TPSA) is 82.1 Å². The summed E-state index contributed by atoms with van der Waals surface area (Å²) in [6, 6.07) is 11.9. The molecule has 6 nitrogen and oxygen atoms in total. The molecule has 0 aliphatic rings. The second-order valence-corrected chi connectivity index (χ2v) is 5.02. The SMILES string of the molecule is COc1ccc(/C=C/C(=O)c2ccc(OCC(=O)O)c(OC)c2)cc1. The predicted molar refractivity (Wildman–Crippen MR) is 92.5 cm³/mol. The van der Waals surface area contributed by atoms with E-state index >= 15 is 0 Å². The summed E-state index contributed by atoms with van der Waals surface area (Å²) in [5, 5.41) is 8.66. The first-order valence-corrected chi connectivity index (χ1v) is 7.42. The second-order valence-electron chi connectivity index (χ2n) is 5.02. The number of hydrogen-bond acceptors (Lipinski definition) is 5. The molecule has 0 saturated heterocycles. The van der Waals surface area contributed by atoms with Crippen LogP contribution >= 0.6 is 0 Å². The summed E-state index contributed by atoms with van der Waals surface area (Å²) < 4.78 is 15.3. The van der Waals surface area contributed by atoms with E-state index in [1.807, 2.05) is 24.3 Å². The minimum atomic E-state index is -1.09. The van der Waals surface area contributed by atoms with Gasteiger partial charge in [-0.3, -0.25) is 4.79 Å². The molecular formula is C19H18O6.